The number of halogens is 2. The third-order valence-electron chi connectivity index (χ3n) is 8.92. The average Bonchev–Trinajstić information content (AvgIpc) is 3.66. The fourth-order valence-corrected chi connectivity index (χ4v) is 6.83. The summed E-state index contributed by atoms with van der Waals surface area (Å²) in [6.07, 6.45) is 6.22. The zero-order valence-electron chi connectivity index (χ0n) is 25.7. The second-order valence-corrected chi connectivity index (χ2v) is 12.2. The van der Waals surface area contributed by atoms with Crippen molar-refractivity contribution in [3.05, 3.63) is 97.0 Å². The van der Waals surface area contributed by atoms with E-state index >= 15 is 4.39 Å². The molecule has 2 aromatic heterocycles. The number of anilines is 1. The summed E-state index contributed by atoms with van der Waals surface area (Å²) in [6.45, 7) is 0. The first kappa shape index (κ1) is 31.2. The third-order valence-corrected chi connectivity index (χ3v) is 9.33. The molecule has 2 atom stereocenters. The van der Waals surface area contributed by atoms with Crippen LogP contribution in [-0.4, -0.2) is 39.1 Å². The maximum atomic E-state index is 15.9. The van der Waals surface area contributed by atoms with Crippen LogP contribution < -0.4 is 26.6 Å². The van der Waals surface area contributed by atoms with E-state index < -0.39 is 23.0 Å². The van der Waals surface area contributed by atoms with Gasteiger partial charge in [0.1, 0.15) is 5.56 Å². The Morgan fingerprint density at radius 1 is 1.07 bits per heavy atom. The molecule has 0 bridgehead atoms. The molecule has 2 aromatic carbocycles. The predicted octanol–water partition coefficient (Wildman–Crippen LogP) is 4.96. The van der Waals surface area contributed by atoms with Crippen molar-refractivity contribution >= 4 is 29.1 Å². The molecule has 1 saturated heterocycles. The van der Waals surface area contributed by atoms with Gasteiger partial charge >= 0.3 is 5.69 Å². The van der Waals surface area contributed by atoms with Crippen molar-refractivity contribution in [1.29, 1.82) is 0 Å². The summed E-state index contributed by atoms with van der Waals surface area (Å²) in [5.41, 5.74) is 2.11. The van der Waals surface area contributed by atoms with Crippen LogP contribution in [0.3, 0.4) is 0 Å². The van der Waals surface area contributed by atoms with Crippen molar-refractivity contribution in [3.63, 3.8) is 0 Å². The van der Waals surface area contributed by atoms with E-state index in [1.165, 1.54) is 20.2 Å². The van der Waals surface area contributed by atoms with Crippen LogP contribution in [0.5, 0.6) is 5.88 Å². The van der Waals surface area contributed by atoms with Gasteiger partial charge in [0.2, 0.25) is 11.8 Å². The summed E-state index contributed by atoms with van der Waals surface area (Å²) in [5.74, 6) is -0.666. The Labute approximate surface area is 269 Å². The summed E-state index contributed by atoms with van der Waals surface area (Å²) in [6, 6.07) is 12.0. The number of ether oxygens (including phenoxy) is 1. The molecule has 2 aliphatic rings. The van der Waals surface area contributed by atoms with Crippen LogP contribution in [0.1, 0.15) is 59.5 Å². The Morgan fingerprint density at radius 3 is 2.54 bits per heavy atom. The normalized spacial score (nSPS) is 17.1. The van der Waals surface area contributed by atoms with E-state index in [2.05, 4.69) is 10.6 Å². The minimum Gasteiger partial charge on any atom is -0.481 e. The number of nitrogens with zero attached hydrogens (tertiary/aromatic N) is 3. The molecule has 46 heavy (non-hydrogen) atoms. The van der Waals surface area contributed by atoms with Crippen LogP contribution in [0.25, 0.3) is 22.4 Å². The SMILES string of the molecule is COc1nc(-c2cccc(-c3cccc(NC(=O)c4cn(C)c(=O)n(C)c4=O)c3F)c2Cl)cc2c1[C@H](CC[C@@H]1CCC(=O)N1)CC2. The molecule has 238 valence electrons. The zero-order chi connectivity index (χ0) is 32.7. The van der Waals surface area contributed by atoms with Gasteiger partial charge < -0.3 is 19.9 Å². The van der Waals surface area contributed by atoms with Crippen LogP contribution in [0.15, 0.2) is 58.3 Å². The van der Waals surface area contributed by atoms with Gasteiger partial charge in [0.25, 0.3) is 11.5 Å². The number of aryl methyl sites for hydroxylation is 2. The number of methoxy groups -OCH3 is 1. The van der Waals surface area contributed by atoms with Gasteiger partial charge in [-0.25, -0.2) is 14.2 Å². The van der Waals surface area contributed by atoms with E-state index in [0.717, 1.165) is 58.6 Å². The maximum Gasteiger partial charge on any atom is 0.330 e. The lowest BCUT2D eigenvalue weighted by atomic mass is 9.93. The number of pyridine rings is 1. The number of amides is 2. The van der Waals surface area contributed by atoms with Crippen molar-refractivity contribution in [3.8, 4) is 28.3 Å². The number of fused-ring (bicyclic) bond motifs is 1. The highest BCUT2D eigenvalue weighted by Crippen LogP contribution is 2.45. The number of hydrogen-bond acceptors (Lipinski definition) is 6. The van der Waals surface area contributed by atoms with E-state index in [4.69, 9.17) is 21.3 Å². The number of aromatic nitrogens is 3. The van der Waals surface area contributed by atoms with Gasteiger partial charge in [-0.15, -0.1) is 0 Å². The fourth-order valence-electron chi connectivity index (χ4n) is 6.51. The van der Waals surface area contributed by atoms with E-state index in [-0.39, 0.29) is 39.7 Å². The molecule has 0 saturated carbocycles. The lowest BCUT2D eigenvalue weighted by molar-refractivity contribution is -0.119. The number of carbonyl (C=O) groups is 2. The molecule has 2 N–H and O–H groups in total. The summed E-state index contributed by atoms with van der Waals surface area (Å²) < 4.78 is 23.6. The minimum atomic E-state index is -0.854. The molecule has 1 fully saturated rings. The molecule has 4 aromatic rings. The van der Waals surface area contributed by atoms with Crippen LogP contribution in [0, 0.1) is 5.82 Å². The van der Waals surface area contributed by atoms with Gasteiger partial charge in [-0.05, 0) is 55.7 Å². The molecular formula is C34H33ClFN5O5. The average molecular weight is 646 g/mol. The predicted molar refractivity (Wildman–Crippen MR) is 173 cm³/mol. The van der Waals surface area contributed by atoms with E-state index in [1.54, 1.807) is 31.4 Å². The second-order valence-electron chi connectivity index (χ2n) is 11.8. The maximum absolute atomic E-state index is 15.9. The van der Waals surface area contributed by atoms with Crippen molar-refractivity contribution in [2.45, 2.75) is 50.5 Å². The first-order valence-corrected chi connectivity index (χ1v) is 15.5. The Kier molecular flexibility index (Phi) is 8.52. The molecule has 12 heteroatoms. The zero-order valence-corrected chi connectivity index (χ0v) is 26.4. The van der Waals surface area contributed by atoms with Crippen molar-refractivity contribution in [2.75, 3.05) is 12.4 Å². The Balaban J connectivity index is 1.29. The lowest BCUT2D eigenvalue weighted by Gasteiger charge is -2.18. The molecule has 0 radical (unpaired) electrons. The number of nitrogens with one attached hydrogen (secondary N) is 2. The Morgan fingerprint density at radius 2 is 1.80 bits per heavy atom. The van der Waals surface area contributed by atoms with Gasteiger partial charge in [0.15, 0.2) is 5.82 Å². The molecule has 1 aliphatic heterocycles. The Bertz CT molecular complexity index is 2010. The number of rotatable bonds is 8. The van der Waals surface area contributed by atoms with Crippen LogP contribution in [0.4, 0.5) is 10.1 Å². The van der Waals surface area contributed by atoms with Crippen molar-refractivity contribution < 1.29 is 18.7 Å². The first-order valence-electron chi connectivity index (χ1n) is 15.1. The lowest BCUT2D eigenvalue weighted by Crippen LogP contribution is -2.40. The van der Waals surface area contributed by atoms with Gasteiger partial charge in [-0.3, -0.25) is 19.0 Å². The summed E-state index contributed by atoms with van der Waals surface area (Å²) in [7, 11) is 4.27. The standard InChI is InChI=1S/C34H33ClFN5O5/c1-40-17-24(33(44)41(2)34(40)45)31(43)38-25-9-5-7-22(30(25)36)21-6-4-8-23(29(21)35)26-16-19-11-10-18(28(19)32(39-26)46-3)12-13-20-14-15-27(42)37-20/h4-9,16-18,20H,10-15H2,1-3H3,(H,37,42)(H,38,43)/t18-,20+/m0/s1. The molecule has 10 nitrogen and oxygen atoms in total. The topological polar surface area (TPSA) is 124 Å². The van der Waals surface area contributed by atoms with Gasteiger partial charge in [0.05, 0.1) is 23.5 Å². The Hall–Kier alpha value is -4.77. The number of benzene rings is 2. The molecule has 0 spiro atoms. The number of carbonyl (C=O) groups excluding carboxylic acids is 2. The van der Waals surface area contributed by atoms with E-state index in [0.29, 0.717) is 29.1 Å². The van der Waals surface area contributed by atoms with Crippen LogP contribution in [-0.2, 0) is 25.3 Å². The minimum absolute atomic E-state index is 0.115. The largest absolute Gasteiger partial charge is 0.481 e. The summed E-state index contributed by atoms with van der Waals surface area (Å²) >= 11 is 6.94. The van der Waals surface area contributed by atoms with Gasteiger partial charge in [-0.1, -0.05) is 41.9 Å². The molecule has 0 unspecified atom stereocenters. The molecular weight excluding hydrogens is 613 g/mol. The highest BCUT2D eigenvalue weighted by molar-refractivity contribution is 6.36. The van der Waals surface area contributed by atoms with Crippen LogP contribution in [0.2, 0.25) is 5.02 Å². The quantitative estimate of drug-likeness (QED) is 0.279. The summed E-state index contributed by atoms with van der Waals surface area (Å²) in [5, 5.41) is 5.78. The highest BCUT2D eigenvalue weighted by atomic mass is 35.5. The van der Waals surface area contributed by atoms with Crippen molar-refractivity contribution in [1.82, 2.24) is 19.4 Å². The molecule has 3 heterocycles. The summed E-state index contributed by atoms with van der Waals surface area (Å²) in [4.78, 5) is 54.0. The smallest absolute Gasteiger partial charge is 0.330 e. The third kappa shape index (κ3) is 5.71. The number of hydrogen-bond donors (Lipinski definition) is 2. The molecule has 2 amide bonds. The van der Waals surface area contributed by atoms with E-state index in [1.807, 2.05) is 12.1 Å². The molecule has 1 aliphatic carbocycles. The van der Waals surface area contributed by atoms with Crippen LogP contribution >= 0.6 is 11.6 Å². The highest BCUT2D eigenvalue weighted by Gasteiger charge is 2.30. The van der Waals surface area contributed by atoms with Crippen molar-refractivity contribution in [2.24, 2.45) is 14.1 Å². The second kappa shape index (κ2) is 12.6. The monoisotopic (exact) mass is 645 g/mol. The fraction of sp³-hybridized carbons (Fsp3) is 0.324. The van der Waals surface area contributed by atoms with Gasteiger partial charge in [0, 0.05) is 55.0 Å². The van der Waals surface area contributed by atoms with E-state index in [9.17, 15) is 19.2 Å². The molecule has 6 rings (SSSR count). The first-order chi connectivity index (χ1) is 22.1. The van der Waals surface area contributed by atoms with Gasteiger partial charge in [-0.2, -0.15) is 0 Å².